The molecule has 13 heteroatoms. The Morgan fingerprint density at radius 2 is 1.00 bits per heavy atom. The van der Waals surface area contributed by atoms with Crippen molar-refractivity contribution in [2.75, 3.05) is 28.3 Å². The minimum Gasteiger partial charge on any atom is -0.846 e. The molecule has 0 aliphatic carbocycles. The third-order valence-electron chi connectivity index (χ3n) is 1.95. The third kappa shape index (κ3) is 20.1. The van der Waals surface area contributed by atoms with E-state index < -0.39 is 0 Å². The quantitative estimate of drug-likeness (QED) is 0.185. The van der Waals surface area contributed by atoms with Gasteiger partial charge < -0.3 is 41.0 Å². The largest absolute Gasteiger partial charge is 4.00 e. The van der Waals surface area contributed by atoms with E-state index in [2.05, 4.69) is 21.4 Å². The van der Waals surface area contributed by atoms with Crippen LogP contribution in [-0.2, 0) is 35.2 Å². The van der Waals surface area contributed by atoms with E-state index in [1.54, 1.807) is 14.1 Å². The standard InChI is InChI=1S/2C5H7N3O.2CH5N.2CH4O.Pt/c2*1-8-3-2-4(6)7-5(8)9;4*1-2;/h2*2-3H,1H3,(H2,6,7,9);2*2H2,1H3;2*2H,1H3;/q;;;;;;+4/p-2. The zero-order valence-electron chi connectivity index (χ0n) is 16.3. The molecule has 8 N–H and O–H groups in total. The molecule has 2 rings (SSSR count). The zero-order chi connectivity index (χ0) is 21.7. The fraction of sp³-hybridized carbons (Fsp3) is 0.429. The van der Waals surface area contributed by atoms with Gasteiger partial charge in [0.2, 0.25) is 0 Å². The summed E-state index contributed by atoms with van der Waals surface area (Å²) in [5.41, 5.74) is 9.02. The van der Waals surface area contributed by atoms with Crippen LogP contribution in [0.2, 0.25) is 0 Å². The molecule has 2 aromatic heterocycles. The summed E-state index contributed by atoms with van der Waals surface area (Å²) in [7, 11) is 8.18. The SMILES string of the molecule is CN.CN.CO.CO.Cn1ccc(=N)nc1[O-].Cn1ccc(=N)nc1[O-].[Pt+4]. The molecule has 0 radical (unpaired) electrons. The van der Waals surface area contributed by atoms with Crippen molar-refractivity contribution in [3.8, 4) is 12.0 Å². The van der Waals surface area contributed by atoms with Gasteiger partial charge in [0.1, 0.15) is 11.0 Å². The monoisotopic (exact) mass is 569 g/mol. The Morgan fingerprint density at radius 3 is 1.15 bits per heavy atom. The molecule has 27 heavy (non-hydrogen) atoms. The molecule has 158 valence electrons. The van der Waals surface area contributed by atoms with E-state index in [0.717, 1.165) is 14.2 Å². The summed E-state index contributed by atoms with van der Waals surface area (Å²) in [5, 5.41) is 49.0. The van der Waals surface area contributed by atoms with Gasteiger partial charge >= 0.3 is 21.1 Å². The van der Waals surface area contributed by atoms with Crippen molar-refractivity contribution in [3.63, 3.8) is 0 Å². The summed E-state index contributed by atoms with van der Waals surface area (Å²) in [6.45, 7) is 0. The van der Waals surface area contributed by atoms with Gasteiger partial charge in [0, 0.05) is 40.7 Å². The third-order valence-corrected chi connectivity index (χ3v) is 1.95. The van der Waals surface area contributed by atoms with Crippen molar-refractivity contribution in [2.24, 2.45) is 25.6 Å². The van der Waals surface area contributed by atoms with Gasteiger partial charge in [-0.05, 0) is 26.2 Å². The van der Waals surface area contributed by atoms with Crippen molar-refractivity contribution in [1.29, 1.82) is 10.8 Å². The smallest absolute Gasteiger partial charge is 0.846 e. The second-order valence-electron chi connectivity index (χ2n) is 3.41. The maximum Gasteiger partial charge on any atom is 4.00 e. The molecule has 2 aromatic rings. The summed E-state index contributed by atoms with van der Waals surface area (Å²) in [6, 6.07) is 2.15. The summed E-state index contributed by atoms with van der Waals surface area (Å²) < 4.78 is 2.64. The molecule has 2 heterocycles. The van der Waals surface area contributed by atoms with Gasteiger partial charge in [0.25, 0.3) is 0 Å². The fourth-order valence-electron chi connectivity index (χ4n) is 0.931. The van der Waals surface area contributed by atoms with Crippen LogP contribution in [0.1, 0.15) is 0 Å². The minimum atomic E-state index is -0.387. The van der Waals surface area contributed by atoms with E-state index in [1.165, 1.54) is 47.8 Å². The Hall–Kier alpha value is -2.11. The number of aliphatic hydroxyl groups is 2. The van der Waals surface area contributed by atoms with Crippen molar-refractivity contribution in [1.82, 2.24) is 19.1 Å². The Kier molecular flexibility index (Phi) is 34.7. The van der Waals surface area contributed by atoms with Crippen LogP contribution in [0.3, 0.4) is 0 Å². The Labute approximate surface area is 173 Å². The number of aromatic nitrogens is 4. The molecule has 0 aliphatic rings. The molecule has 0 unspecified atom stereocenters. The number of rotatable bonds is 0. The average molecular weight is 570 g/mol. The van der Waals surface area contributed by atoms with E-state index in [0.29, 0.717) is 0 Å². The van der Waals surface area contributed by atoms with E-state index in [4.69, 9.17) is 21.0 Å². The van der Waals surface area contributed by atoms with Crippen LogP contribution in [0, 0.1) is 10.8 Å². The average Bonchev–Trinajstić information content (AvgIpc) is 2.69. The van der Waals surface area contributed by atoms with Gasteiger partial charge in [-0.3, -0.25) is 10.8 Å². The predicted octanol–water partition coefficient (Wildman–Crippen LogP) is -3.69. The number of hydrogen-bond acceptors (Lipinski definition) is 10. The predicted molar refractivity (Wildman–Crippen MR) is 93.5 cm³/mol. The van der Waals surface area contributed by atoms with Crippen LogP contribution >= 0.6 is 0 Å². The first-order valence-corrected chi connectivity index (χ1v) is 6.95. The Bertz CT molecular complexity index is 607. The molecule has 0 atom stereocenters. The minimum absolute atomic E-state index is 0. The van der Waals surface area contributed by atoms with Gasteiger partial charge in [-0.1, -0.05) is 0 Å². The number of nitrogens with two attached hydrogens (primary N) is 2. The number of nitrogens with zero attached hydrogens (tertiary/aromatic N) is 4. The van der Waals surface area contributed by atoms with E-state index in [9.17, 15) is 10.2 Å². The van der Waals surface area contributed by atoms with Crippen LogP contribution in [0.4, 0.5) is 0 Å². The van der Waals surface area contributed by atoms with Gasteiger partial charge in [0.05, 0.1) is 12.0 Å². The second-order valence-corrected chi connectivity index (χ2v) is 3.41. The van der Waals surface area contributed by atoms with Crippen molar-refractivity contribution in [3.05, 3.63) is 35.5 Å². The number of aliphatic hydroxyl groups excluding tert-OH is 2. The summed E-state index contributed by atoms with van der Waals surface area (Å²) >= 11 is 0. The van der Waals surface area contributed by atoms with Gasteiger partial charge in [0.15, 0.2) is 0 Å². The zero-order valence-corrected chi connectivity index (χ0v) is 18.6. The van der Waals surface area contributed by atoms with E-state index in [1.807, 2.05) is 0 Å². The van der Waals surface area contributed by atoms with Crippen LogP contribution in [-0.4, -0.2) is 57.6 Å². The topological polar surface area (TPSA) is 222 Å². The number of aryl methyl sites for hydroxylation is 2. The molecule has 12 nitrogen and oxygen atoms in total. The fourth-order valence-corrected chi connectivity index (χ4v) is 0.931. The summed E-state index contributed by atoms with van der Waals surface area (Å²) in [6.07, 6.45) is 3.02. The van der Waals surface area contributed by atoms with Gasteiger partial charge in [-0.15, -0.1) is 0 Å². The van der Waals surface area contributed by atoms with Crippen LogP contribution in [0.5, 0.6) is 12.0 Å². The van der Waals surface area contributed by atoms with Crippen LogP contribution < -0.4 is 32.7 Å². The van der Waals surface area contributed by atoms with Crippen molar-refractivity contribution < 1.29 is 41.5 Å². The molecule has 0 saturated heterocycles. The van der Waals surface area contributed by atoms with E-state index in [-0.39, 0.29) is 44.1 Å². The normalized spacial score (nSPS) is 7.19. The maximum absolute atomic E-state index is 10.6. The van der Waals surface area contributed by atoms with Crippen molar-refractivity contribution in [2.45, 2.75) is 0 Å². The first kappa shape index (κ1) is 35.9. The molecular formula is C14H30N8O4Pt+2. The molecule has 0 fully saturated rings. The van der Waals surface area contributed by atoms with Crippen LogP contribution in [0.25, 0.3) is 0 Å². The molecule has 0 spiro atoms. The molecule has 0 aliphatic heterocycles. The molecule has 0 saturated carbocycles. The van der Waals surface area contributed by atoms with E-state index >= 15 is 0 Å². The molecule has 0 amide bonds. The molecular weight excluding hydrogens is 539 g/mol. The number of hydrogen-bond donors (Lipinski definition) is 6. The van der Waals surface area contributed by atoms with Crippen LogP contribution in [0.15, 0.2) is 24.5 Å². The summed E-state index contributed by atoms with van der Waals surface area (Å²) in [4.78, 5) is 6.69. The first-order chi connectivity index (χ1) is 12.4. The van der Waals surface area contributed by atoms with Gasteiger partial charge in [-0.25, -0.2) is 9.97 Å². The van der Waals surface area contributed by atoms with Gasteiger partial charge in [-0.2, -0.15) is 0 Å². The Morgan fingerprint density at radius 1 is 0.778 bits per heavy atom. The number of nitrogens with one attached hydrogen (secondary N) is 2. The molecule has 0 bridgehead atoms. The first-order valence-electron chi connectivity index (χ1n) is 6.95. The maximum atomic E-state index is 10.6. The molecule has 0 aromatic carbocycles. The van der Waals surface area contributed by atoms with Crippen molar-refractivity contribution >= 4 is 0 Å². The second kappa shape index (κ2) is 26.1. The summed E-state index contributed by atoms with van der Waals surface area (Å²) in [5.74, 6) is 0. The Balaban J connectivity index is -0.0000000851.